The molecule has 4 aromatic carbocycles. The number of carbonyl (C=O) groups excluding carboxylic acids is 2. The molecule has 0 unspecified atom stereocenters. The molecule has 2 aliphatic rings. The van der Waals surface area contributed by atoms with E-state index in [9.17, 15) is 14.7 Å². The number of ether oxygens (including phenoxy) is 2. The molecule has 1 N–H and O–H groups in total. The summed E-state index contributed by atoms with van der Waals surface area (Å²) in [5.41, 5.74) is 5.08. The van der Waals surface area contributed by atoms with Crippen molar-refractivity contribution in [3.63, 3.8) is 0 Å². The van der Waals surface area contributed by atoms with Gasteiger partial charge >= 0.3 is 0 Å². The highest BCUT2D eigenvalue weighted by atomic mass is 16.7. The standard InChI is InChI=1S/C34H32N2O5/c1-35(20-23-8-3-2-4-9-23)21-28-19-31(25-16-14-24(22-37)15-17-25)41-34(40-28)26-10-7-11-27(18-26)36-32(38)29-12-5-6-13-30(29)33(36)39/h2-18,28,31,34,37H,19-22H2,1H3/t28-,31+,34+/m0/s1. The van der Waals surface area contributed by atoms with Crippen LogP contribution >= 0.6 is 0 Å². The van der Waals surface area contributed by atoms with Crippen LogP contribution in [0.4, 0.5) is 5.69 Å². The Bertz CT molecular complexity index is 1500. The minimum absolute atomic E-state index is 0.0188. The first-order valence-corrected chi connectivity index (χ1v) is 13.8. The molecule has 1 fully saturated rings. The van der Waals surface area contributed by atoms with Crippen molar-refractivity contribution in [3.8, 4) is 0 Å². The molecule has 6 rings (SSSR count). The van der Waals surface area contributed by atoms with Crippen molar-refractivity contribution in [1.29, 1.82) is 0 Å². The highest BCUT2D eigenvalue weighted by Gasteiger charge is 2.37. The van der Waals surface area contributed by atoms with Gasteiger partial charge in [0.1, 0.15) is 0 Å². The summed E-state index contributed by atoms with van der Waals surface area (Å²) in [6, 6.07) is 32.2. The molecule has 0 aliphatic carbocycles. The van der Waals surface area contributed by atoms with Crippen molar-refractivity contribution < 1.29 is 24.2 Å². The van der Waals surface area contributed by atoms with E-state index in [0.29, 0.717) is 29.8 Å². The molecule has 2 amide bonds. The van der Waals surface area contributed by atoms with Crippen LogP contribution in [-0.2, 0) is 22.6 Å². The Balaban J connectivity index is 1.26. The third-order valence-electron chi connectivity index (χ3n) is 7.62. The summed E-state index contributed by atoms with van der Waals surface area (Å²) in [6.45, 7) is 1.46. The maximum absolute atomic E-state index is 13.1. The first-order valence-electron chi connectivity index (χ1n) is 13.8. The molecule has 0 radical (unpaired) electrons. The number of amides is 2. The molecule has 7 heteroatoms. The van der Waals surface area contributed by atoms with E-state index < -0.39 is 6.29 Å². The normalized spacial score (nSPS) is 20.5. The Morgan fingerprint density at radius 2 is 1.46 bits per heavy atom. The number of benzene rings is 4. The average Bonchev–Trinajstić information content (AvgIpc) is 3.27. The van der Waals surface area contributed by atoms with Gasteiger partial charge in [-0.1, -0.05) is 78.9 Å². The molecule has 0 bridgehead atoms. The number of carbonyl (C=O) groups is 2. The number of fused-ring (bicyclic) bond motifs is 1. The molecule has 2 heterocycles. The predicted octanol–water partition coefficient (Wildman–Crippen LogP) is 5.66. The lowest BCUT2D eigenvalue weighted by molar-refractivity contribution is -0.252. The number of hydrogen-bond donors (Lipinski definition) is 1. The van der Waals surface area contributed by atoms with Gasteiger partial charge in [0, 0.05) is 25.1 Å². The van der Waals surface area contributed by atoms with Gasteiger partial charge in [-0.05, 0) is 48.0 Å². The van der Waals surface area contributed by atoms with E-state index in [-0.39, 0.29) is 30.6 Å². The number of likely N-dealkylation sites (N-methyl/N-ethyl adjacent to an activating group) is 1. The smallest absolute Gasteiger partial charge is 0.266 e. The molecule has 3 atom stereocenters. The van der Waals surface area contributed by atoms with E-state index in [1.54, 1.807) is 36.4 Å². The highest BCUT2D eigenvalue weighted by Crippen LogP contribution is 2.39. The third kappa shape index (κ3) is 5.71. The zero-order valence-electron chi connectivity index (χ0n) is 22.9. The van der Waals surface area contributed by atoms with Crippen molar-refractivity contribution in [2.45, 2.75) is 38.1 Å². The summed E-state index contributed by atoms with van der Waals surface area (Å²) in [5.74, 6) is -0.675. The maximum Gasteiger partial charge on any atom is 0.266 e. The second kappa shape index (κ2) is 11.8. The lowest BCUT2D eigenvalue weighted by Gasteiger charge is -2.38. The van der Waals surface area contributed by atoms with Gasteiger partial charge in [0.15, 0.2) is 6.29 Å². The van der Waals surface area contributed by atoms with Crippen LogP contribution in [0.15, 0.2) is 103 Å². The van der Waals surface area contributed by atoms with Crippen molar-refractivity contribution in [2.24, 2.45) is 0 Å². The molecule has 41 heavy (non-hydrogen) atoms. The quantitative estimate of drug-likeness (QED) is 0.287. The summed E-state index contributed by atoms with van der Waals surface area (Å²) in [5, 5.41) is 9.49. The summed E-state index contributed by atoms with van der Waals surface area (Å²) >= 11 is 0. The molecule has 208 valence electrons. The Kier molecular flexibility index (Phi) is 7.76. The van der Waals surface area contributed by atoms with Gasteiger partial charge in [0.05, 0.1) is 35.6 Å². The zero-order chi connectivity index (χ0) is 28.3. The van der Waals surface area contributed by atoms with Crippen molar-refractivity contribution in [2.75, 3.05) is 18.5 Å². The first-order chi connectivity index (χ1) is 20.0. The third-order valence-corrected chi connectivity index (χ3v) is 7.62. The topological polar surface area (TPSA) is 79.3 Å². The van der Waals surface area contributed by atoms with E-state index >= 15 is 0 Å². The number of aliphatic hydroxyl groups is 1. The molecule has 4 aromatic rings. The molecule has 0 saturated carbocycles. The molecular weight excluding hydrogens is 516 g/mol. The van der Waals surface area contributed by atoms with Gasteiger partial charge in [0.2, 0.25) is 0 Å². The van der Waals surface area contributed by atoms with Crippen LogP contribution in [0, 0.1) is 0 Å². The van der Waals surface area contributed by atoms with Gasteiger partial charge < -0.3 is 14.6 Å². The summed E-state index contributed by atoms with van der Waals surface area (Å²) in [6.07, 6.45) is -0.407. The molecule has 1 saturated heterocycles. The van der Waals surface area contributed by atoms with Crippen molar-refractivity contribution in [3.05, 3.63) is 137 Å². The molecule has 0 aromatic heterocycles. The van der Waals surface area contributed by atoms with E-state index in [1.165, 1.54) is 10.5 Å². The summed E-state index contributed by atoms with van der Waals surface area (Å²) in [7, 11) is 2.08. The Morgan fingerprint density at radius 3 is 2.15 bits per heavy atom. The number of anilines is 1. The van der Waals surface area contributed by atoms with Gasteiger partial charge in [-0.25, -0.2) is 4.90 Å². The Hall–Kier alpha value is -4.14. The molecular formula is C34H32N2O5. The largest absolute Gasteiger partial charge is 0.392 e. The van der Waals surface area contributed by atoms with Crippen LogP contribution in [0.25, 0.3) is 0 Å². The second-order valence-electron chi connectivity index (χ2n) is 10.6. The second-order valence-corrected chi connectivity index (χ2v) is 10.6. The first kappa shape index (κ1) is 27.1. The number of imide groups is 1. The fourth-order valence-electron chi connectivity index (χ4n) is 5.57. The van der Waals surface area contributed by atoms with E-state index in [1.807, 2.05) is 54.6 Å². The average molecular weight is 549 g/mol. The Morgan fingerprint density at radius 1 is 0.780 bits per heavy atom. The van der Waals surface area contributed by atoms with E-state index in [0.717, 1.165) is 23.2 Å². The van der Waals surface area contributed by atoms with Gasteiger partial charge in [0.25, 0.3) is 11.8 Å². The van der Waals surface area contributed by atoms with Crippen molar-refractivity contribution in [1.82, 2.24) is 4.90 Å². The molecule has 2 aliphatic heterocycles. The number of hydrogen-bond acceptors (Lipinski definition) is 6. The monoisotopic (exact) mass is 548 g/mol. The molecule has 0 spiro atoms. The van der Waals surface area contributed by atoms with Gasteiger partial charge in [-0.2, -0.15) is 0 Å². The van der Waals surface area contributed by atoms with Crippen LogP contribution in [-0.4, -0.2) is 41.5 Å². The number of nitrogens with zero attached hydrogens (tertiary/aromatic N) is 2. The SMILES string of the molecule is CN(Cc1ccccc1)C[C@@H]1C[C@H](c2ccc(CO)cc2)O[C@H](c2cccc(N3C(=O)c4ccccc4C3=O)c2)O1. The van der Waals surface area contributed by atoms with Crippen LogP contribution in [0.5, 0.6) is 0 Å². The maximum atomic E-state index is 13.1. The Labute approximate surface area is 239 Å². The zero-order valence-corrected chi connectivity index (χ0v) is 22.9. The predicted molar refractivity (Wildman–Crippen MR) is 155 cm³/mol. The van der Waals surface area contributed by atoms with E-state index in [4.69, 9.17) is 9.47 Å². The lowest BCUT2D eigenvalue weighted by Crippen LogP contribution is -2.37. The summed E-state index contributed by atoms with van der Waals surface area (Å²) in [4.78, 5) is 29.7. The van der Waals surface area contributed by atoms with E-state index in [2.05, 4.69) is 24.1 Å². The molecule has 7 nitrogen and oxygen atoms in total. The van der Waals surface area contributed by atoms with Crippen LogP contribution in [0.3, 0.4) is 0 Å². The minimum atomic E-state index is -0.698. The van der Waals surface area contributed by atoms with Gasteiger partial charge in [-0.3, -0.25) is 14.5 Å². The fourth-order valence-corrected chi connectivity index (χ4v) is 5.57. The van der Waals surface area contributed by atoms with Gasteiger partial charge in [-0.15, -0.1) is 0 Å². The minimum Gasteiger partial charge on any atom is -0.392 e. The van der Waals surface area contributed by atoms with Crippen LogP contribution in [0.1, 0.15) is 61.8 Å². The highest BCUT2D eigenvalue weighted by molar-refractivity contribution is 6.34. The van der Waals surface area contributed by atoms with Crippen LogP contribution < -0.4 is 4.90 Å². The lowest BCUT2D eigenvalue weighted by atomic mass is 9.99. The number of rotatable bonds is 8. The fraction of sp³-hybridized carbons (Fsp3) is 0.235. The summed E-state index contributed by atoms with van der Waals surface area (Å²) < 4.78 is 13.0. The van der Waals surface area contributed by atoms with Crippen molar-refractivity contribution >= 4 is 17.5 Å². The number of aliphatic hydroxyl groups excluding tert-OH is 1. The van der Waals surface area contributed by atoms with Crippen LogP contribution in [0.2, 0.25) is 0 Å².